The molecule has 0 aliphatic carbocycles. The van der Waals surface area contributed by atoms with Crippen molar-refractivity contribution in [3.8, 4) is 5.75 Å². The van der Waals surface area contributed by atoms with Gasteiger partial charge in [0.2, 0.25) is 0 Å². The number of aliphatic hydroxyl groups is 2. The lowest BCUT2D eigenvalue weighted by molar-refractivity contribution is -0.384. The van der Waals surface area contributed by atoms with Crippen LogP contribution in [-0.2, 0) is 14.3 Å². The second-order valence-electron chi connectivity index (χ2n) is 6.91. The largest absolute Gasteiger partial charge is 0.507 e. The zero-order valence-electron chi connectivity index (χ0n) is 17.3. The van der Waals surface area contributed by atoms with Crippen LogP contribution in [0, 0.1) is 10.1 Å². The molecular formula is C22H22N2O8. The van der Waals surface area contributed by atoms with Crippen molar-refractivity contribution in [3.05, 3.63) is 75.3 Å². The Morgan fingerprint density at radius 1 is 1.16 bits per heavy atom. The van der Waals surface area contributed by atoms with Gasteiger partial charge in [0.1, 0.15) is 11.5 Å². The van der Waals surface area contributed by atoms with Crippen LogP contribution in [0.4, 0.5) is 5.69 Å². The minimum atomic E-state index is -1.05. The molecule has 3 rings (SSSR count). The van der Waals surface area contributed by atoms with Crippen LogP contribution in [0.1, 0.15) is 17.2 Å². The first-order valence-corrected chi connectivity index (χ1v) is 9.74. The van der Waals surface area contributed by atoms with E-state index in [2.05, 4.69) is 0 Å². The third-order valence-electron chi connectivity index (χ3n) is 5.01. The van der Waals surface area contributed by atoms with Gasteiger partial charge in [0.15, 0.2) is 0 Å². The number of hydrogen-bond acceptors (Lipinski definition) is 8. The Hall–Kier alpha value is -3.76. The predicted molar refractivity (Wildman–Crippen MR) is 113 cm³/mol. The van der Waals surface area contributed by atoms with Gasteiger partial charge in [-0.25, -0.2) is 0 Å². The number of methoxy groups -OCH3 is 1. The molecule has 1 aliphatic heterocycles. The van der Waals surface area contributed by atoms with Crippen molar-refractivity contribution in [1.82, 2.24) is 4.90 Å². The fourth-order valence-corrected chi connectivity index (χ4v) is 3.50. The second kappa shape index (κ2) is 10.0. The maximum atomic E-state index is 12.9. The summed E-state index contributed by atoms with van der Waals surface area (Å²) in [6.07, 6.45) is 0. The number of carbonyl (C=O) groups excluding carboxylic acids is 2. The van der Waals surface area contributed by atoms with Gasteiger partial charge in [0, 0.05) is 24.2 Å². The van der Waals surface area contributed by atoms with Gasteiger partial charge in [-0.05, 0) is 29.8 Å². The smallest absolute Gasteiger partial charge is 0.295 e. The van der Waals surface area contributed by atoms with E-state index in [1.807, 2.05) is 0 Å². The summed E-state index contributed by atoms with van der Waals surface area (Å²) in [4.78, 5) is 37.6. The summed E-state index contributed by atoms with van der Waals surface area (Å²) in [5.41, 5.74) is 0.197. The van der Waals surface area contributed by atoms with Gasteiger partial charge in [0.05, 0.1) is 43.5 Å². The molecule has 2 N–H and O–H groups in total. The van der Waals surface area contributed by atoms with Gasteiger partial charge in [0.25, 0.3) is 17.4 Å². The average Bonchev–Trinajstić information content (AvgIpc) is 3.06. The predicted octanol–water partition coefficient (Wildman–Crippen LogP) is 2.03. The summed E-state index contributed by atoms with van der Waals surface area (Å²) in [7, 11) is 1.49. The Balaban J connectivity index is 2.10. The first-order chi connectivity index (χ1) is 15.4. The zero-order valence-corrected chi connectivity index (χ0v) is 17.3. The van der Waals surface area contributed by atoms with E-state index < -0.39 is 28.4 Å². The average molecular weight is 442 g/mol. The number of ether oxygens (including phenoxy) is 2. The molecule has 1 atom stereocenters. The standard InChI is InChI=1S/C22H22N2O8/c1-31-17-7-5-14(6-8-17)20(26)18-19(15-3-2-4-16(13-15)24(29)30)23(22(28)21(18)27)9-11-32-12-10-25/h2-8,13,19,25-26H,9-12H2,1H3. The molecule has 1 unspecified atom stereocenters. The lowest BCUT2D eigenvalue weighted by Crippen LogP contribution is -2.33. The summed E-state index contributed by atoms with van der Waals surface area (Å²) in [6.45, 7) is -0.138. The van der Waals surface area contributed by atoms with Crippen LogP contribution in [0.2, 0.25) is 0 Å². The van der Waals surface area contributed by atoms with Crippen LogP contribution in [0.15, 0.2) is 54.1 Å². The number of nitrogens with zero attached hydrogens (tertiary/aromatic N) is 2. The number of aliphatic hydroxyl groups excluding tert-OH is 2. The highest BCUT2D eigenvalue weighted by molar-refractivity contribution is 6.46. The third-order valence-corrected chi connectivity index (χ3v) is 5.01. The number of rotatable bonds is 9. The molecule has 0 aromatic heterocycles. The number of ketones is 1. The van der Waals surface area contributed by atoms with E-state index in [1.54, 1.807) is 18.2 Å². The van der Waals surface area contributed by atoms with Gasteiger partial charge in [-0.15, -0.1) is 0 Å². The van der Waals surface area contributed by atoms with Gasteiger partial charge < -0.3 is 24.6 Å². The van der Waals surface area contributed by atoms with E-state index in [0.29, 0.717) is 11.3 Å². The number of amides is 1. The quantitative estimate of drug-likeness (QED) is 0.150. The Bertz CT molecular complexity index is 1050. The van der Waals surface area contributed by atoms with Gasteiger partial charge in [-0.1, -0.05) is 12.1 Å². The van der Waals surface area contributed by atoms with E-state index in [-0.39, 0.29) is 43.2 Å². The van der Waals surface area contributed by atoms with Crippen molar-refractivity contribution in [2.45, 2.75) is 6.04 Å². The SMILES string of the molecule is COc1ccc(C(O)=C2C(=O)C(=O)N(CCOCCO)C2c2cccc([N+](=O)[O-])c2)cc1. The summed E-state index contributed by atoms with van der Waals surface area (Å²) < 4.78 is 10.3. The van der Waals surface area contributed by atoms with Crippen molar-refractivity contribution in [2.24, 2.45) is 0 Å². The van der Waals surface area contributed by atoms with Gasteiger partial charge in [-0.2, -0.15) is 0 Å². The second-order valence-corrected chi connectivity index (χ2v) is 6.91. The van der Waals surface area contributed by atoms with E-state index in [1.165, 1.54) is 42.3 Å². The van der Waals surface area contributed by atoms with Crippen LogP contribution in [-0.4, -0.2) is 65.2 Å². The number of Topliss-reactive ketones (excluding diaryl/α,β-unsaturated/α-hetero) is 1. The van der Waals surface area contributed by atoms with E-state index in [0.717, 1.165) is 0 Å². The topological polar surface area (TPSA) is 139 Å². The van der Waals surface area contributed by atoms with Crippen LogP contribution >= 0.6 is 0 Å². The Morgan fingerprint density at radius 3 is 2.50 bits per heavy atom. The fraction of sp³-hybridized carbons (Fsp3) is 0.273. The highest BCUT2D eigenvalue weighted by atomic mass is 16.6. The van der Waals surface area contributed by atoms with E-state index in [4.69, 9.17) is 14.6 Å². The molecule has 1 amide bonds. The molecule has 0 saturated carbocycles. The molecule has 10 nitrogen and oxygen atoms in total. The number of nitro benzene ring substituents is 1. The highest BCUT2D eigenvalue weighted by Crippen LogP contribution is 2.40. The first kappa shape index (κ1) is 22.9. The zero-order chi connectivity index (χ0) is 23.3. The maximum Gasteiger partial charge on any atom is 0.295 e. The number of non-ortho nitro benzene ring substituents is 1. The van der Waals surface area contributed by atoms with E-state index in [9.17, 15) is 24.8 Å². The fourth-order valence-electron chi connectivity index (χ4n) is 3.50. The minimum absolute atomic E-state index is 0.0165. The first-order valence-electron chi connectivity index (χ1n) is 9.74. The van der Waals surface area contributed by atoms with Crippen LogP contribution in [0.5, 0.6) is 5.75 Å². The van der Waals surface area contributed by atoms with Crippen molar-refractivity contribution >= 4 is 23.1 Å². The van der Waals surface area contributed by atoms with E-state index >= 15 is 0 Å². The minimum Gasteiger partial charge on any atom is -0.507 e. The Kier molecular flexibility index (Phi) is 7.18. The Labute approximate surface area is 183 Å². The molecule has 32 heavy (non-hydrogen) atoms. The van der Waals surface area contributed by atoms with Crippen LogP contribution in [0.25, 0.3) is 5.76 Å². The molecule has 1 heterocycles. The number of hydrogen-bond donors (Lipinski definition) is 2. The summed E-state index contributed by atoms with van der Waals surface area (Å²) >= 11 is 0. The molecule has 0 spiro atoms. The molecule has 10 heteroatoms. The van der Waals surface area contributed by atoms with Crippen LogP contribution in [0.3, 0.4) is 0 Å². The van der Waals surface area contributed by atoms with Crippen molar-refractivity contribution in [2.75, 3.05) is 33.5 Å². The van der Waals surface area contributed by atoms with Gasteiger partial charge in [-0.3, -0.25) is 19.7 Å². The molecule has 0 radical (unpaired) electrons. The normalized spacial score (nSPS) is 17.6. The maximum absolute atomic E-state index is 12.9. The molecule has 2 aromatic carbocycles. The number of carbonyl (C=O) groups is 2. The monoisotopic (exact) mass is 442 g/mol. The molecular weight excluding hydrogens is 420 g/mol. The summed E-state index contributed by atoms with van der Waals surface area (Å²) in [5.74, 6) is -1.62. The number of benzene rings is 2. The van der Waals surface area contributed by atoms with Crippen LogP contribution < -0.4 is 4.74 Å². The molecule has 1 fully saturated rings. The van der Waals surface area contributed by atoms with Crippen molar-refractivity contribution < 1.29 is 34.2 Å². The van der Waals surface area contributed by atoms with Crippen molar-refractivity contribution in [3.63, 3.8) is 0 Å². The number of nitro groups is 1. The molecule has 168 valence electrons. The highest BCUT2D eigenvalue weighted by Gasteiger charge is 2.46. The lowest BCUT2D eigenvalue weighted by Gasteiger charge is -2.25. The third kappa shape index (κ3) is 4.61. The summed E-state index contributed by atoms with van der Waals surface area (Å²) in [6, 6.07) is 10.8. The lowest BCUT2D eigenvalue weighted by atomic mass is 9.95. The number of likely N-dealkylation sites (tertiary alicyclic amines) is 1. The van der Waals surface area contributed by atoms with Gasteiger partial charge >= 0.3 is 0 Å². The van der Waals surface area contributed by atoms with Crippen molar-refractivity contribution in [1.29, 1.82) is 0 Å². The molecule has 0 bridgehead atoms. The molecule has 1 aliphatic rings. The Morgan fingerprint density at radius 2 is 1.88 bits per heavy atom. The molecule has 1 saturated heterocycles. The molecule has 2 aromatic rings. The summed E-state index contributed by atoms with van der Waals surface area (Å²) in [5, 5.41) is 31.1.